The number of thiophene rings is 1. The molecule has 0 bridgehead atoms. The Balaban J connectivity index is 2.18. The van der Waals surface area contributed by atoms with Crippen LogP contribution in [-0.2, 0) is 0 Å². The topological polar surface area (TPSA) is 45.2 Å². The molecule has 0 aliphatic heterocycles. The van der Waals surface area contributed by atoms with Crippen LogP contribution >= 0.6 is 11.3 Å². The van der Waals surface area contributed by atoms with Gasteiger partial charge in [0.1, 0.15) is 11.5 Å². The number of nitrogens with one attached hydrogen (secondary N) is 1. The Labute approximate surface area is 117 Å². The van der Waals surface area contributed by atoms with Crippen LogP contribution in [0.4, 0.5) is 5.82 Å². The maximum absolute atomic E-state index is 12.4. The predicted octanol–water partition coefficient (Wildman–Crippen LogP) is 3.02. The number of hydrogen-bond donors (Lipinski definition) is 1. The van der Waals surface area contributed by atoms with E-state index in [1.54, 1.807) is 36.4 Å². The normalized spacial score (nSPS) is 11.9. The largest absolute Gasteiger partial charge is 0.373 e. The second-order valence-electron chi connectivity index (χ2n) is 4.27. The first-order chi connectivity index (χ1) is 9.13. The van der Waals surface area contributed by atoms with E-state index in [4.69, 9.17) is 0 Å². The zero-order chi connectivity index (χ0) is 13.8. The molecule has 0 saturated heterocycles. The number of hydrogen-bond acceptors (Lipinski definition) is 4. The molecule has 2 rings (SSSR count). The van der Waals surface area contributed by atoms with Gasteiger partial charge in [0.25, 0.3) is 5.91 Å². The lowest BCUT2D eigenvalue weighted by atomic mass is 10.2. The Morgan fingerprint density at radius 2 is 2.16 bits per heavy atom. The predicted molar refractivity (Wildman–Crippen MR) is 78.6 cm³/mol. The molecular formula is C14H17N3OS. The third kappa shape index (κ3) is 2.93. The fraction of sp³-hybridized carbons (Fsp3) is 0.286. The van der Waals surface area contributed by atoms with Crippen LogP contribution in [0.5, 0.6) is 0 Å². The first-order valence-electron chi connectivity index (χ1n) is 6.09. The molecule has 0 aliphatic carbocycles. The number of amides is 1. The number of pyridine rings is 1. The highest BCUT2D eigenvalue weighted by atomic mass is 32.1. The maximum Gasteiger partial charge on any atom is 0.272 e. The fourth-order valence-corrected chi connectivity index (χ4v) is 2.60. The third-order valence-electron chi connectivity index (χ3n) is 3.08. The second-order valence-corrected chi connectivity index (χ2v) is 5.24. The molecule has 2 aromatic rings. The Bertz CT molecular complexity index is 554. The summed E-state index contributed by atoms with van der Waals surface area (Å²) in [4.78, 5) is 19.5. The van der Waals surface area contributed by atoms with Crippen molar-refractivity contribution >= 4 is 23.1 Å². The van der Waals surface area contributed by atoms with Crippen molar-refractivity contribution in [1.82, 2.24) is 9.88 Å². The van der Waals surface area contributed by atoms with E-state index in [0.717, 1.165) is 0 Å². The van der Waals surface area contributed by atoms with Gasteiger partial charge in [-0.05, 0) is 30.5 Å². The van der Waals surface area contributed by atoms with Gasteiger partial charge in [0.2, 0.25) is 0 Å². The van der Waals surface area contributed by atoms with E-state index in [9.17, 15) is 4.79 Å². The zero-order valence-corrected chi connectivity index (χ0v) is 12.1. The van der Waals surface area contributed by atoms with Crippen LogP contribution in [0, 0.1) is 0 Å². The van der Waals surface area contributed by atoms with E-state index < -0.39 is 0 Å². The van der Waals surface area contributed by atoms with E-state index in [2.05, 4.69) is 10.3 Å². The summed E-state index contributed by atoms with van der Waals surface area (Å²) in [5.74, 6) is 0.626. The first kappa shape index (κ1) is 13.5. The average Bonchev–Trinajstić information content (AvgIpc) is 2.99. The number of nitrogens with zero attached hydrogens (tertiary/aromatic N) is 2. The SMILES string of the molecule is CNc1cccc(C(=O)N(C)C(C)c2cccs2)n1. The van der Waals surface area contributed by atoms with Gasteiger partial charge in [-0.25, -0.2) is 4.98 Å². The molecule has 2 aromatic heterocycles. The fourth-order valence-electron chi connectivity index (χ4n) is 1.77. The minimum atomic E-state index is -0.0713. The van der Waals surface area contributed by atoms with Gasteiger partial charge in [0.15, 0.2) is 0 Å². The Morgan fingerprint density at radius 1 is 1.37 bits per heavy atom. The summed E-state index contributed by atoms with van der Waals surface area (Å²) in [6, 6.07) is 9.48. The molecule has 4 nitrogen and oxygen atoms in total. The number of carbonyl (C=O) groups excluding carboxylic acids is 1. The lowest BCUT2D eigenvalue weighted by Gasteiger charge is -2.23. The van der Waals surface area contributed by atoms with Crippen LogP contribution in [0.1, 0.15) is 28.3 Å². The summed E-state index contributed by atoms with van der Waals surface area (Å²) < 4.78 is 0. The Kier molecular flexibility index (Phi) is 4.16. The molecule has 2 heterocycles. The van der Waals surface area contributed by atoms with Crippen molar-refractivity contribution in [2.45, 2.75) is 13.0 Å². The summed E-state index contributed by atoms with van der Waals surface area (Å²) in [6.45, 7) is 2.02. The van der Waals surface area contributed by atoms with Crippen molar-refractivity contribution < 1.29 is 4.79 Å². The molecular weight excluding hydrogens is 258 g/mol. The van der Waals surface area contributed by atoms with Crippen LogP contribution < -0.4 is 5.32 Å². The highest BCUT2D eigenvalue weighted by Gasteiger charge is 2.20. The Morgan fingerprint density at radius 3 is 2.79 bits per heavy atom. The van der Waals surface area contributed by atoms with Gasteiger partial charge < -0.3 is 10.2 Å². The number of anilines is 1. The van der Waals surface area contributed by atoms with Crippen molar-refractivity contribution in [1.29, 1.82) is 0 Å². The van der Waals surface area contributed by atoms with Crippen molar-refractivity contribution in [3.63, 3.8) is 0 Å². The summed E-state index contributed by atoms with van der Waals surface area (Å²) in [6.07, 6.45) is 0. The summed E-state index contributed by atoms with van der Waals surface area (Å²) in [5, 5.41) is 4.96. The molecule has 0 saturated carbocycles. The minimum Gasteiger partial charge on any atom is -0.373 e. The van der Waals surface area contributed by atoms with Crippen molar-refractivity contribution in [3.8, 4) is 0 Å². The number of rotatable bonds is 4. The molecule has 1 N–H and O–H groups in total. The highest BCUT2D eigenvalue weighted by Crippen LogP contribution is 2.24. The van der Waals surface area contributed by atoms with Crippen LogP contribution in [-0.4, -0.2) is 29.9 Å². The lowest BCUT2D eigenvalue weighted by molar-refractivity contribution is 0.0739. The second kappa shape index (κ2) is 5.84. The summed E-state index contributed by atoms with van der Waals surface area (Å²) in [5.41, 5.74) is 0.456. The number of aromatic nitrogens is 1. The van der Waals surface area contributed by atoms with Crippen molar-refractivity contribution in [2.24, 2.45) is 0 Å². The molecule has 0 aromatic carbocycles. The van der Waals surface area contributed by atoms with Gasteiger partial charge in [-0.2, -0.15) is 0 Å². The van der Waals surface area contributed by atoms with E-state index in [1.807, 2.05) is 36.6 Å². The number of carbonyl (C=O) groups is 1. The van der Waals surface area contributed by atoms with Gasteiger partial charge in [-0.15, -0.1) is 11.3 Å². The molecule has 1 unspecified atom stereocenters. The van der Waals surface area contributed by atoms with E-state index in [1.165, 1.54) is 4.88 Å². The third-order valence-corrected chi connectivity index (χ3v) is 4.12. The molecule has 1 atom stereocenters. The standard InChI is InChI=1S/C14H17N3OS/c1-10(12-7-5-9-19-12)17(3)14(18)11-6-4-8-13(15-2)16-11/h4-10H,1-3H3,(H,15,16). The van der Waals surface area contributed by atoms with Crippen molar-refractivity contribution in [2.75, 3.05) is 19.4 Å². The molecule has 19 heavy (non-hydrogen) atoms. The van der Waals surface area contributed by atoms with Gasteiger partial charge in [0.05, 0.1) is 6.04 Å². The summed E-state index contributed by atoms with van der Waals surface area (Å²) in [7, 11) is 3.59. The molecule has 0 fully saturated rings. The van der Waals surface area contributed by atoms with E-state index in [-0.39, 0.29) is 11.9 Å². The first-order valence-corrected chi connectivity index (χ1v) is 6.97. The van der Waals surface area contributed by atoms with Gasteiger partial charge >= 0.3 is 0 Å². The monoisotopic (exact) mass is 275 g/mol. The van der Waals surface area contributed by atoms with E-state index >= 15 is 0 Å². The summed E-state index contributed by atoms with van der Waals surface area (Å²) >= 11 is 1.65. The quantitative estimate of drug-likeness (QED) is 0.933. The van der Waals surface area contributed by atoms with Crippen molar-refractivity contribution in [3.05, 3.63) is 46.3 Å². The molecule has 5 heteroatoms. The van der Waals surface area contributed by atoms with Crippen LogP contribution in [0.25, 0.3) is 0 Å². The average molecular weight is 275 g/mol. The van der Waals surface area contributed by atoms with Crippen LogP contribution in [0.2, 0.25) is 0 Å². The lowest BCUT2D eigenvalue weighted by Crippen LogP contribution is -2.30. The smallest absolute Gasteiger partial charge is 0.272 e. The minimum absolute atomic E-state index is 0.0486. The highest BCUT2D eigenvalue weighted by molar-refractivity contribution is 7.10. The molecule has 100 valence electrons. The molecule has 0 spiro atoms. The van der Waals surface area contributed by atoms with Crippen LogP contribution in [0.3, 0.4) is 0 Å². The van der Waals surface area contributed by atoms with Crippen LogP contribution in [0.15, 0.2) is 35.7 Å². The maximum atomic E-state index is 12.4. The Hall–Kier alpha value is -1.88. The van der Waals surface area contributed by atoms with Gasteiger partial charge in [-0.3, -0.25) is 4.79 Å². The zero-order valence-electron chi connectivity index (χ0n) is 11.3. The van der Waals surface area contributed by atoms with Gasteiger partial charge in [0, 0.05) is 19.0 Å². The molecule has 0 radical (unpaired) electrons. The molecule has 0 aliphatic rings. The van der Waals surface area contributed by atoms with E-state index in [0.29, 0.717) is 11.5 Å². The van der Waals surface area contributed by atoms with Gasteiger partial charge in [-0.1, -0.05) is 12.1 Å². The molecule has 1 amide bonds.